The molecule has 0 aliphatic carbocycles. The second kappa shape index (κ2) is 7.72. The van der Waals surface area contributed by atoms with Gasteiger partial charge >= 0.3 is 5.97 Å². The Balaban J connectivity index is 2.33. The summed E-state index contributed by atoms with van der Waals surface area (Å²) in [6, 6.07) is 3.15. The van der Waals surface area contributed by atoms with Crippen LogP contribution in [0.15, 0.2) is 12.1 Å². The Kier molecular flexibility index (Phi) is 6.61. The maximum absolute atomic E-state index is 10.3. The van der Waals surface area contributed by atoms with Crippen LogP contribution in [0, 0.1) is 0 Å². The number of ether oxygens (including phenoxy) is 1. The molecular formula is C12H13Cl3O3. The molecule has 0 aliphatic heterocycles. The van der Waals surface area contributed by atoms with Crippen LogP contribution in [0.1, 0.15) is 25.7 Å². The van der Waals surface area contributed by atoms with E-state index in [0.717, 1.165) is 12.8 Å². The van der Waals surface area contributed by atoms with Gasteiger partial charge in [-0.05, 0) is 25.3 Å². The third-order valence-electron chi connectivity index (χ3n) is 2.25. The molecule has 1 aromatic rings. The number of benzene rings is 1. The Bertz CT molecular complexity index is 421. The highest BCUT2D eigenvalue weighted by molar-refractivity contribution is 6.44. The topological polar surface area (TPSA) is 46.5 Å². The lowest BCUT2D eigenvalue weighted by Crippen LogP contribution is -1.99. The van der Waals surface area contributed by atoms with Crippen molar-refractivity contribution >= 4 is 40.8 Å². The van der Waals surface area contributed by atoms with Crippen LogP contribution >= 0.6 is 34.8 Å². The first-order valence-corrected chi connectivity index (χ1v) is 6.63. The molecule has 0 heterocycles. The Morgan fingerprint density at radius 3 is 2.56 bits per heavy atom. The lowest BCUT2D eigenvalue weighted by molar-refractivity contribution is -0.137. The van der Waals surface area contributed by atoms with Gasteiger partial charge in [-0.3, -0.25) is 4.79 Å². The molecule has 1 rings (SSSR count). The summed E-state index contributed by atoms with van der Waals surface area (Å²) in [6.07, 6.45) is 2.37. The molecule has 0 fully saturated rings. The van der Waals surface area contributed by atoms with Gasteiger partial charge in [-0.2, -0.15) is 0 Å². The Hall–Kier alpha value is -0.640. The van der Waals surface area contributed by atoms with E-state index in [1.807, 2.05) is 0 Å². The normalized spacial score (nSPS) is 10.4. The average molecular weight is 312 g/mol. The summed E-state index contributed by atoms with van der Waals surface area (Å²) < 4.78 is 5.46. The van der Waals surface area contributed by atoms with E-state index >= 15 is 0 Å². The van der Waals surface area contributed by atoms with E-state index in [1.165, 1.54) is 0 Å². The fourth-order valence-electron chi connectivity index (χ4n) is 1.37. The van der Waals surface area contributed by atoms with Crippen molar-refractivity contribution < 1.29 is 14.6 Å². The molecule has 0 saturated heterocycles. The second-order valence-corrected chi connectivity index (χ2v) is 4.97. The van der Waals surface area contributed by atoms with Crippen molar-refractivity contribution in [1.29, 1.82) is 0 Å². The Morgan fingerprint density at radius 2 is 1.89 bits per heavy atom. The van der Waals surface area contributed by atoms with E-state index < -0.39 is 5.97 Å². The van der Waals surface area contributed by atoms with Gasteiger partial charge in [0.05, 0.1) is 11.6 Å². The van der Waals surface area contributed by atoms with Crippen LogP contribution in [0.4, 0.5) is 0 Å². The van der Waals surface area contributed by atoms with Crippen molar-refractivity contribution in [2.75, 3.05) is 6.61 Å². The van der Waals surface area contributed by atoms with Gasteiger partial charge in [-0.15, -0.1) is 0 Å². The Labute approximate surface area is 121 Å². The second-order valence-electron chi connectivity index (χ2n) is 3.75. The maximum atomic E-state index is 10.3. The number of halogens is 3. The molecule has 0 amide bonds. The van der Waals surface area contributed by atoms with Crippen molar-refractivity contribution in [3.8, 4) is 5.75 Å². The lowest BCUT2D eigenvalue weighted by atomic mass is 10.2. The van der Waals surface area contributed by atoms with Crippen LogP contribution in [0.2, 0.25) is 15.1 Å². The maximum Gasteiger partial charge on any atom is 0.303 e. The number of aliphatic carboxylic acids is 1. The largest absolute Gasteiger partial charge is 0.492 e. The summed E-state index contributed by atoms with van der Waals surface area (Å²) in [4.78, 5) is 10.3. The van der Waals surface area contributed by atoms with Crippen LogP contribution in [0.3, 0.4) is 0 Å². The summed E-state index contributed by atoms with van der Waals surface area (Å²) >= 11 is 17.6. The van der Waals surface area contributed by atoms with Crippen molar-refractivity contribution in [3.63, 3.8) is 0 Å². The van der Waals surface area contributed by atoms with Gasteiger partial charge < -0.3 is 9.84 Å². The van der Waals surface area contributed by atoms with E-state index in [4.69, 9.17) is 44.6 Å². The van der Waals surface area contributed by atoms with E-state index in [2.05, 4.69) is 0 Å². The third kappa shape index (κ3) is 5.34. The molecule has 1 aromatic carbocycles. The molecule has 100 valence electrons. The SMILES string of the molecule is O=C(O)CCCCCOc1cc(Cl)cc(Cl)c1Cl. The summed E-state index contributed by atoms with van der Waals surface area (Å²) in [7, 11) is 0. The zero-order valence-electron chi connectivity index (χ0n) is 9.59. The summed E-state index contributed by atoms with van der Waals surface area (Å²) in [5, 5.41) is 9.62. The number of hydrogen-bond acceptors (Lipinski definition) is 2. The van der Waals surface area contributed by atoms with Gasteiger partial charge in [-0.25, -0.2) is 0 Å². The molecule has 0 radical (unpaired) electrons. The molecule has 1 N–H and O–H groups in total. The van der Waals surface area contributed by atoms with Crippen molar-refractivity contribution in [2.45, 2.75) is 25.7 Å². The van der Waals surface area contributed by atoms with E-state index in [1.54, 1.807) is 12.1 Å². The summed E-state index contributed by atoms with van der Waals surface area (Å²) in [5.41, 5.74) is 0. The molecule has 0 saturated carbocycles. The standard InChI is InChI=1S/C12H13Cl3O3/c13-8-6-9(14)12(15)10(7-8)18-5-3-1-2-4-11(16)17/h6-7H,1-5H2,(H,16,17). The number of hydrogen-bond donors (Lipinski definition) is 1. The number of unbranched alkanes of at least 4 members (excludes halogenated alkanes) is 2. The number of rotatable bonds is 7. The first-order valence-electron chi connectivity index (χ1n) is 5.50. The monoisotopic (exact) mass is 310 g/mol. The number of carboxylic acids is 1. The molecule has 18 heavy (non-hydrogen) atoms. The van der Waals surface area contributed by atoms with Gasteiger partial charge in [0.1, 0.15) is 10.8 Å². The van der Waals surface area contributed by atoms with Gasteiger partial charge in [0, 0.05) is 17.5 Å². The Morgan fingerprint density at radius 1 is 1.17 bits per heavy atom. The predicted octanol–water partition coefficient (Wildman–Crippen LogP) is 4.67. The lowest BCUT2D eigenvalue weighted by Gasteiger charge is -2.09. The molecule has 6 heteroatoms. The molecule has 0 atom stereocenters. The van der Waals surface area contributed by atoms with Crippen LogP contribution in [0.5, 0.6) is 5.75 Å². The fourth-order valence-corrected chi connectivity index (χ4v) is 2.01. The molecular weight excluding hydrogens is 298 g/mol. The van der Waals surface area contributed by atoms with Crippen molar-refractivity contribution in [1.82, 2.24) is 0 Å². The van der Waals surface area contributed by atoms with Gasteiger partial charge in [0.2, 0.25) is 0 Å². The summed E-state index contributed by atoms with van der Waals surface area (Å²) in [6.45, 7) is 0.454. The summed E-state index contributed by atoms with van der Waals surface area (Å²) in [5.74, 6) is -0.326. The molecule has 0 spiro atoms. The minimum atomic E-state index is -0.777. The molecule has 0 unspecified atom stereocenters. The highest BCUT2D eigenvalue weighted by atomic mass is 35.5. The van der Waals surface area contributed by atoms with Crippen LogP contribution in [0.25, 0.3) is 0 Å². The molecule has 0 aromatic heterocycles. The molecule has 0 bridgehead atoms. The smallest absolute Gasteiger partial charge is 0.303 e. The quantitative estimate of drug-likeness (QED) is 0.588. The predicted molar refractivity (Wildman–Crippen MR) is 73.1 cm³/mol. The molecule has 0 aliphatic rings. The van der Waals surface area contributed by atoms with Gasteiger partial charge in [0.15, 0.2) is 0 Å². The molecule has 3 nitrogen and oxygen atoms in total. The van der Waals surface area contributed by atoms with E-state index in [9.17, 15) is 4.79 Å². The first kappa shape index (κ1) is 15.4. The fraction of sp³-hybridized carbons (Fsp3) is 0.417. The van der Waals surface area contributed by atoms with E-state index in [-0.39, 0.29) is 6.42 Å². The highest BCUT2D eigenvalue weighted by Gasteiger charge is 2.08. The van der Waals surface area contributed by atoms with Crippen molar-refractivity contribution in [2.24, 2.45) is 0 Å². The van der Waals surface area contributed by atoms with Crippen LogP contribution in [-0.4, -0.2) is 17.7 Å². The highest BCUT2D eigenvalue weighted by Crippen LogP contribution is 2.35. The third-order valence-corrected chi connectivity index (χ3v) is 3.26. The van der Waals surface area contributed by atoms with Crippen LogP contribution in [-0.2, 0) is 4.79 Å². The van der Waals surface area contributed by atoms with Gasteiger partial charge in [-0.1, -0.05) is 34.8 Å². The van der Waals surface area contributed by atoms with Crippen molar-refractivity contribution in [3.05, 3.63) is 27.2 Å². The van der Waals surface area contributed by atoms with Gasteiger partial charge in [0.25, 0.3) is 0 Å². The number of carboxylic acid groups (broad SMARTS) is 1. The average Bonchev–Trinajstić information content (AvgIpc) is 2.29. The first-order chi connectivity index (χ1) is 8.50. The number of carbonyl (C=O) groups is 1. The minimum Gasteiger partial charge on any atom is -0.492 e. The zero-order valence-corrected chi connectivity index (χ0v) is 11.9. The van der Waals surface area contributed by atoms with Crippen LogP contribution < -0.4 is 4.74 Å². The van der Waals surface area contributed by atoms with E-state index in [0.29, 0.717) is 33.8 Å². The minimum absolute atomic E-state index is 0.184. The zero-order chi connectivity index (χ0) is 13.5.